The molecule has 78 valence electrons. The van der Waals surface area contributed by atoms with Crippen LogP contribution in [0.4, 0.5) is 0 Å². The zero-order valence-corrected chi connectivity index (χ0v) is 11.0. The predicted octanol–water partition coefficient (Wildman–Crippen LogP) is 3.91. The van der Waals surface area contributed by atoms with E-state index >= 15 is 0 Å². The summed E-state index contributed by atoms with van der Waals surface area (Å²) in [6.07, 6.45) is 3.39. The van der Waals surface area contributed by atoms with E-state index in [0.717, 1.165) is 19.5 Å². The van der Waals surface area contributed by atoms with Gasteiger partial charge in [0, 0.05) is 15.4 Å². The molecular weight excluding hydrogens is 258 g/mol. The summed E-state index contributed by atoms with van der Waals surface area (Å²) < 4.78 is 1.21. The predicted molar refractivity (Wildman–Crippen MR) is 68.8 cm³/mol. The van der Waals surface area contributed by atoms with E-state index in [9.17, 15) is 0 Å². The Balaban J connectivity index is 2.48. The highest BCUT2D eigenvalue weighted by Gasteiger charge is 2.01. The Morgan fingerprint density at radius 2 is 2.36 bits per heavy atom. The van der Waals surface area contributed by atoms with Crippen molar-refractivity contribution in [3.63, 3.8) is 0 Å². The van der Waals surface area contributed by atoms with Gasteiger partial charge in [-0.1, -0.05) is 13.0 Å². The maximum Gasteiger partial charge on any atom is 0.0357 e. The largest absolute Gasteiger partial charge is 0.317 e. The first-order valence-electron chi connectivity index (χ1n) is 4.85. The number of rotatable bonds is 5. The van der Waals surface area contributed by atoms with Crippen molar-refractivity contribution in [1.82, 2.24) is 5.32 Å². The second kappa shape index (κ2) is 6.38. The van der Waals surface area contributed by atoms with Gasteiger partial charge in [0.25, 0.3) is 0 Å². The Morgan fingerprint density at radius 3 is 2.93 bits per heavy atom. The topological polar surface area (TPSA) is 12.0 Å². The summed E-state index contributed by atoms with van der Waals surface area (Å²) in [6.45, 7) is 6.41. The fourth-order valence-corrected chi connectivity index (χ4v) is 2.91. The molecule has 0 saturated carbocycles. The molecule has 1 N–H and O–H groups in total. The maximum atomic E-state index is 3.54. The van der Waals surface area contributed by atoms with Crippen LogP contribution in [0.5, 0.6) is 0 Å². The Bertz CT molecular complexity index is 304. The number of hydrogen-bond acceptors (Lipinski definition) is 2. The third-order valence-corrected chi connectivity index (χ3v) is 3.76. The molecule has 0 saturated heterocycles. The van der Waals surface area contributed by atoms with Gasteiger partial charge in [-0.15, -0.1) is 0 Å². The summed E-state index contributed by atoms with van der Waals surface area (Å²) >= 11 is 5.28. The van der Waals surface area contributed by atoms with Gasteiger partial charge in [-0.3, -0.25) is 0 Å². The molecule has 1 nitrogen and oxygen atoms in total. The number of halogens is 1. The van der Waals surface area contributed by atoms with Crippen LogP contribution in [0.25, 0.3) is 5.57 Å². The quantitative estimate of drug-likeness (QED) is 0.803. The fourth-order valence-electron chi connectivity index (χ4n) is 1.24. The van der Waals surface area contributed by atoms with E-state index in [-0.39, 0.29) is 0 Å². The molecule has 0 fully saturated rings. The number of allylic oxidation sites excluding steroid dienone is 1. The number of hydrogen-bond donors (Lipinski definition) is 1. The van der Waals surface area contributed by atoms with Crippen molar-refractivity contribution in [3.8, 4) is 0 Å². The third kappa shape index (κ3) is 3.56. The van der Waals surface area contributed by atoms with E-state index in [0.29, 0.717) is 0 Å². The first-order valence-corrected chi connectivity index (χ1v) is 6.58. The fraction of sp³-hybridized carbons (Fsp3) is 0.455. The van der Waals surface area contributed by atoms with Crippen LogP contribution >= 0.6 is 27.3 Å². The molecule has 0 bridgehead atoms. The van der Waals surface area contributed by atoms with Crippen molar-refractivity contribution in [1.29, 1.82) is 0 Å². The second-order valence-electron chi connectivity index (χ2n) is 3.16. The zero-order valence-electron chi connectivity index (χ0n) is 8.64. The Morgan fingerprint density at radius 1 is 1.57 bits per heavy atom. The minimum absolute atomic E-state index is 1.05. The molecule has 0 unspecified atom stereocenters. The van der Waals surface area contributed by atoms with Gasteiger partial charge in [0.15, 0.2) is 0 Å². The van der Waals surface area contributed by atoms with Gasteiger partial charge in [-0.2, -0.15) is 11.3 Å². The minimum Gasteiger partial charge on any atom is -0.317 e. The molecule has 3 heteroatoms. The molecule has 1 aromatic rings. The molecule has 0 aliphatic rings. The molecule has 1 aromatic heterocycles. The van der Waals surface area contributed by atoms with Gasteiger partial charge in [-0.05, 0) is 53.3 Å². The first kappa shape index (κ1) is 12.0. The number of nitrogens with one attached hydrogen (secondary N) is 1. The van der Waals surface area contributed by atoms with E-state index in [4.69, 9.17) is 0 Å². The van der Waals surface area contributed by atoms with Crippen molar-refractivity contribution in [3.05, 3.63) is 26.9 Å². The lowest BCUT2D eigenvalue weighted by atomic mass is 10.1. The summed E-state index contributed by atoms with van der Waals surface area (Å²) in [7, 11) is 0. The van der Waals surface area contributed by atoms with E-state index in [2.05, 4.69) is 51.9 Å². The average Bonchev–Trinajstić information content (AvgIpc) is 2.59. The van der Waals surface area contributed by atoms with Gasteiger partial charge < -0.3 is 5.32 Å². The molecular formula is C11H16BrNS. The van der Waals surface area contributed by atoms with Crippen LogP contribution in [0.2, 0.25) is 0 Å². The van der Waals surface area contributed by atoms with Gasteiger partial charge in [0.1, 0.15) is 0 Å². The molecule has 0 atom stereocenters. The molecule has 1 heterocycles. The van der Waals surface area contributed by atoms with Gasteiger partial charge >= 0.3 is 0 Å². The maximum absolute atomic E-state index is 3.54. The second-order valence-corrected chi connectivity index (χ2v) is 4.76. The highest BCUT2D eigenvalue weighted by molar-refractivity contribution is 9.10. The van der Waals surface area contributed by atoms with Crippen LogP contribution in [0, 0.1) is 0 Å². The Hall–Kier alpha value is -0.120. The van der Waals surface area contributed by atoms with E-state index in [1.165, 1.54) is 15.6 Å². The van der Waals surface area contributed by atoms with E-state index < -0.39 is 0 Å². The molecule has 0 spiro atoms. The monoisotopic (exact) mass is 273 g/mol. The molecule has 0 radical (unpaired) electrons. The highest BCUT2D eigenvalue weighted by atomic mass is 79.9. The minimum atomic E-state index is 1.05. The lowest BCUT2D eigenvalue weighted by Gasteiger charge is -2.00. The summed E-state index contributed by atoms with van der Waals surface area (Å²) in [4.78, 5) is 0. The molecule has 0 amide bonds. The van der Waals surface area contributed by atoms with Crippen LogP contribution in [-0.4, -0.2) is 13.1 Å². The summed E-state index contributed by atoms with van der Waals surface area (Å²) in [5.41, 5.74) is 2.68. The standard InChI is InChI=1S/C11H16BrNS/c1-3-13-6-4-5-9(2)10-7-14-8-11(10)12/h5,7-8,13H,3-4,6H2,1-2H3. The van der Waals surface area contributed by atoms with E-state index in [1.54, 1.807) is 11.3 Å². The average molecular weight is 274 g/mol. The molecule has 14 heavy (non-hydrogen) atoms. The first-order chi connectivity index (χ1) is 6.75. The zero-order chi connectivity index (χ0) is 10.4. The van der Waals surface area contributed by atoms with Crippen molar-refractivity contribution < 1.29 is 0 Å². The smallest absolute Gasteiger partial charge is 0.0357 e. The SMILES string of the molecule is CCNCCC=C(C)c1cscc1Br. The van der Waals surface area contributed by atoms with Gasteiger partial charge in [0.2, 0.25) is 0 Å². The van der Waals surface area contributed by atoms with Crippen molar-refractivity contribution in [2.45, 2.75) is 20.3 Å². The van der Waals surface area contributed by atoms with Crippen LogP contribution in [0.3, 0.4) is 0 Å². The van der Waals surface area contributed by atoms with Gasteiger partial charge in [-0.25, -0.2) is 0 Å². The van der Waals surface area contributed by atoms with Crippen LogP contribution in [0.15, 0.2) is 21.3 Å². The van der Waals surface area contributed by atoms with Crippen LogP contribution in [0.1, 0.15) is 25.8 Å². The highest BCUT2D eigenvalue weighted by Crippen LogP contribution is 2.27. The van der Waals surface area contributed by atoms with Gasteiger partial charge in [0.05, 0.1) is 0 Å². The summed E-state index contributed by atoms with van der Waals surface area (Å²) in [6, 6.07) is 0. The van der Waals surface area contributed by atoms with Crippen LogP contribution < -0.4 is 5.32 Å². The van der Waals surface area contributed by atoms with E-state index in [1.807, 2.05) is 0 Å². The van der Waals surface area contributed by atoms with Crippen molar-refractivity contribution in [2.75, 3.05) is 13.1 Å². The summed E-state index contributed by atoms with van der Waals surface area (Å²) in [5, 5.41) is 7.62. The molecule has 0 aromatic carbocycles. The van der Waals surface area contributed by atoms with Crippen molar-refractivity contribution in [2.24, 2.45) is 0 Å². The summed E-state index contributed by atoms with van der Waals surface area (Å²) in [5.74, 6) is 0. The Kier molecular flexibility index (Phi) is 5.45. The third-order valence-electron chi connectivity index (χ3n) is 2.06. The lowest BCUT2D eigenvalue weighted by Crippen LogP contribution is -2.13. The lowest BCUT2D eigenvalue weighted by molar-refractivity contribution is 0.727. The Labute approximate surface area is 98.4 Å². The molecule has 1 rings (SSSR count). The molecule has 0 aliphatic heterocycles. The van der Waals surface area contributed by atoms with Crippen LogP contribution in [-0.2, 0) is 0 Å². The normalized spacial score (nSPS) is 12.1. The number of thiophene rings is 1. The molecule has 0 aliphatic carbocycles. The van der Waals surface area contributed by atoms with Crippen molar-refractivity contribution >= 4 is 32.8 Å².